The van der Waals surface area contributed by atoms with Gasteiger partial charge in [-0.25, -0.2) is 9.97 Å². The molecule has 8 nitrogen and oxygen atoms in total. The van der Waals surface area contributed by atoms with Crippen molar-refractivity contribution in [3.63, 3.8) is 0 Å². The Kier molecular flexibility index (Phi) is 5.81. The Morgan fingerprint density at radius 1 is 0.857 bits per heavy atom. The molecule has 28 heavy (non-hydrogen) atoms. The molecule has 0 atom stereocenters. The largest absolute Gasteiger partial charge is 0.497 e. The molecule has 0 saturated heterocycles. The van der Waals surface area contributed by atoms with Crippen molar-refractivity contribution < 1.29 is 14.3 Å². The maximum atomic E-state index is 12.4. The third kappa shape index (κ3) is 5.04. The monoisotopic (exact) mass is 377 g/mol. The molecule has 0 aliphatic rings. The number of carbonyl (C=O) groups excluding carboxylic acids is 2. The number of aromatic nitrogens is 2. The van der Waals surface area contributed by atoms with Crippen LogP contribution in [0.25, 0.3) is 0 Å². The quantitative estimate of drug-likeness (QED) is 0.608. The van der Waals surface area contributed by atoms with Crippen molar-refractivity contribution in [2.45, 2.75) is 6.92 Å². The van der Waals surface area contributed by atoms with Crippen molar-refractivity contribution in [2.24, 2.45) is 0 Å². The van der Waals surface area contributed by atoms with Gasteiger partial charge in [0.2, 0.25) is 11.9 Å². The molecule has 0 bridgehead atoms. The average molecular weight is 377 g/mol. The van der Waals surface area contributed by atoms with E-state index in [-0.39, 0.29) is 17.5 Å². The number of hydrogen-bond donors (Lipinski definition) is 3. The number of nitrogens with one attached hydrogen (secondary N) is 3. The molecule has 1 aromatic heterocycles. The smallest absolute Gasteiger partial charge is 0.274 e. The molecule has 0 radical (unpaired) electrons. The van der Waals surface area contributed by atoms with Crippen LogP contribution in [-0.4, -0.2) is 28.9 Å². The minimum atomic E-state index is -0.368. The lowest BCUT2D eigenvalue weighted by atomic mass is 10.2. The fraction of sp³-hybridized carbons (Fsp3) is 0.100. The minimum absolute atomic E-state index is 0.158. The van der Waals surface area contributed by atoms with Gasteiger partial charge in [-0.3, -0.25) is 9.59 Å². The molecule has 3 aromatic rings. The van der Waals surface area contributed by atoms with Gasteiger partial charge < -0.3 is 20.7 Å². The van der Waals surface area contributed by atoms with Crippen LogP contribution in [0.2, 0.25) is 0 Å². The summed E-state index contributed by atoms with van der Waals surface area (Å²) >= 11 is 0. The van der Waals surface area contributed by atoms with E-state index >= 15 is 0 Å². The van der Waals surface area contributed by atoms with Crippen LogP contribution in [0.3, 0.4) is 0 Å². The van der Waals surface area contributed by atoms with Gasteiger partial charge in [0.05, 0.1) is 7.11 Å². The van der Waals surface area contributed by atoms with Gasteiger partial charge in [0.1, 0.15) is 11.4 Å². The van der Waals surface area contributed by atoms with Gasteiger partial charge in [-0.1, -0.05) is 0 Å². The number of hydrogen-bond acceptors (Lipinski definition) is 6. The van der Waals surface area contributed by atoms with Gasteiger partial charge in [0.15, 0.2) is 0 Å². The van der Waals surface area contributed by atoms with Crippen molar-refractivity contribution in [3.8, 4) is 5.75 Å². The van der Waals surface area contributed by atoms with E-state index < -0.39 is 0 Å². The molecule has 3 N–H and O–H groups in total. The zero-order chi connectivity index (χ0) is 19.9. The van der Waals surface area contributed by atoms with Crippen LogP contribution in [0.1, 0.15) is 17.4 Å². The average Bonchev–Trinajstić information content (AvgIpc) is 2.70. The van der Waals surface area contributed by atoms with E-state index in [9.17, 15) is 9.59 Å². The van der Waals surface area contributed by atoms with Crippen LogP contribution < -0.4 is 20.7 Å². The summed E-state index contributed by atoms with van der Waals surface area (Å²) < 4.78 is 5.12. The highest BCUT2D eigenvalue weighted by atomic mass is 16.5. The van der Waals surface area contributed by atoms with E-state index in [2.05, 4.69) is 25.9 Å². The van der Waals surface area contributed by atoms with Crippen molar-refractivity contribution in [1.82, 2.24) is 9.97 Å². The predicted molar refractivity (Wildman–Crippen MR) is 107 cm³/mol. The fourth-order valence-corrected chi connectivity index (χ4v) is 2.38. The molecule has 0 saturated carbocycles. The van der Waals surface area contributed by atoms with Crippen LogP contribution >= 0.6 is 0 Å². The molecule has 142 valence electrons. The molecule has 0 fully saturated rings. The summed E-state index contributed by atoms with van der Waals surface area (Å²) in [6.45, 7) is 1.43. The molecular weight excluding hydrogens is 358 g/mol. The summed E-state index contributed by atoms with van der Waals surface area (Å²) in [5.74, 6) is 0.519. The minimum Gasteiger partial charge on any atom is -0.497 e. The highest BCUT2D eigenvalue weighted by Crippen LogP contribution is 2.18. The van der Waals surface area contributed by atoms with E-state index in [4.69, 9.17) is 4.74 Å². The van der Waals surface area contributed by atoms with Gasteiger partial charge >= 0.3 is 0 Å². The Hall–Kier alpha value is -3.94. The first-order valence-electron chi connectivity index (χ1n) is 8.46. The standard InChI is InChI=1S/C20H19N5O3/c1-13(26)22-14-3-5-15(6-4-14)23-19(27)18-11-12-21-20(25-18)24-16-7-9-17(28-2)10-8-16/h3-12H,1-2H3,(H,22,26)(H,23,27)(H,21,24,25). The van der Waals surface area contributed by atoms with Gasteiger partial charge in [0.25, 0.3) is 5.91 Å². The van der Waals surface area contributed by atoms with Gasteiger partial charge in [-0.2, -0.15) is 0 Å². The Balaban J connectivity index is 1.66. The second-order valence-electron chi connectivity index (χ2n) is 5.83. The SMILES string of the molecule is COc1ccc(Nc2nccc(C(=O)Nc3ccc(NC(C)=O)cc3)n2)cc1. The molecule has 2 amide bonds. The lowest BCUT2D eigenvalue weighted by Crippen LogP contribution is -2.15. The normalized spacial score (nSPS) is 10.1. The number of amides is 2. The maximum absolute atomic E-state index is 12.4. The summed E-state index contributed by atoms with van der Waals surface area (Å²) in [7, 11) is 1.60. The zero-order valence-corrected chi connectivity index (χ0v) is 15.4. The third-order valence-electron chi connectivity index (χ3n) is 3.70. The number of rotatable bonds is 6. The van der Waals surface area contributed by atoms with Crippen molar-refractivity contribution in [3.05, 3.63) is 66.5 Å². The number of benzene rings is 2. The second kappa shape index (κ2) is 8.63. The molecule has 0 spiro atoms. The summed E-state index contributed by atoms with van der Waals surface area (Å²) in [6, 6.07) is 15.6. The maximum Gasteiger partial charge on any atom is 0.274 e. The number of nitrogens with zero attached hydrogens (tertiary/aromatic N) is 2. The van der Waals surface area contributed by atoms with Crippen molar-refractivity contribution >= 4 is 34.8 Å². The third-order valence-corrected chi connectivity index (χ3v) is 3.70. The van der Waals surface area contributed by atoms with Gasteiger partial charge in [-0.15, -0.1) is 0 Å². The zero-order valence-electron chi connectivity index (χ0n) is 15.4. The Morgan fingerprint density at radius 3 is 2.07 bits per heavy atom. The molecule has 2 aromatic carbocycles. The number of ether oxygens (including phenoxy) is 1. The van der Waals surface area contributed by atoms with Gasteiger partial charge in [-0.05, 0) is 54.6 Å². The van der Waals surface area contributed by atoms with Crippen molar-refractivity contribution in [1.29, 1.82) is 0 Å². The van der Waals surface area contributed by atoms with Gasteiger partial charge in [0, 0.05) is 30.2 Å². The molecule has 1 heterocycles. The molecule has 0 aliphatic carbocycles. The van der Waals surface area contributed by atoms with E-state index in [0.29, 0.717) is 17.3 Å². The number of carbonyl (C=O) groups is 2. The van der Waals surface area contributed by atoms with Crippen LogP contribution in [0.5, 0.6) is 5.75 Å². The topological polar surface area (TPSA) is 105 Å². The summed E-state index contributed by atoms with van der Waals surface area (Å²) in [5, 5.41) is 8.47. The molecular formula is C20H19N5O3. The summed E-state index contributed by atoms with van der Waals surface area (Å²) in [5.41, 5.74) is 2.23. The molecule has 8 heteroatoms. The van der Waals surface area contributed by atoms with E-state index in [1.165, 1.54) is 19.2 Å². The van der Waals surface area contributed by atoms with E-state index in [0.717, 1.165) is 11.4 Å². The highest BCUT2D eigenvalue weighted by molar-refractivity contribution is 6.03. The molecule has 3 rings (SSSR count). The van der Waals surface area contributed by atoms with Crippen LogP contribution in [-0.2, 0) is 4.79 Å². The van der Waals surface area contributed by atoms with E-state index in [1.807, 2.05) is 24.3 Å². The number of methoxy groups -OCH3 is 1. The first kappa shape index (κ1) is 18.8. The molecule has 0 aliphatic heterocycles. The summed E-state index contributed by atoms with van der Waals surface area (Å²) in [4.78, 5) is 31.9. The lowest BCUT2D eigenvalue weighted by molar-refractivity contribution is -0.114. The lowest BCUT2D eigenvalue weighted by Gasteiger charge is -2.09. The Bertz CT molecular complexity index is 972. The van der Waals surface area contributed by atoms with Crippen LogP contribution in [0.15, 0.2) is 60.8 Å². The van der Waals surface area contributed by atoms with Crippen LogP contribution in [0, 0.1) is 0 Å². The fourth-order valence-electron chi connectivity index (χ4n) is 2.38. The first-order chi connectivity index (χ1) is 13.5. The molecule has 0 unspecified atom stereocenters. The van der Waals surface area contributed by atoms with E-state index in [1.54, 1.807) is 31.4 Å². The Morgan fingerprint density at radius 2 is 1.46 bits per heavy atom. The highest BCUT2D eigenvalue weighted by Gasteiger charge is 2.10. The van der Waals surface area contributed by atoms with Crippen LogP contribution in [0.4, 0.5) is 23.0 Å². The second-order valence-corrected chi connectivity index (χ2v) is 5.83. The predicted octanol–water partition coefficient (Wildman–Crippen LogP) is 3.44. The summed E-state index contributed by atoms with van der Waals surface area (Å²) in [6.07, 6.45) is 1.51. The van der Waals surface area contributed by atoms with Crippen molar-refractivity contribution in [2.75, 3.05) is 23.1 Å². The first-order valence-corrected chi connectivity index (χ1v) is 8.46. The number of anilines is 4. The Labute approximate surface area is 162 Å².